The van der Waals surface area contributed by atoms with Crippen molar-refractivity contribution in [3.63, 3.8) is 0 Å². The van der Waals surface area contributed by atoms with Gasteiger partial charge in [0.1, 0.15) is 0 Å². The number of fused-ring (bicyclic) bond motifs is 1. The highest BCUT2D eigenvalue weighted by atomic mass is 32.2. The number of hydrazine groups is 1. The van der Waals surface area contributed by atoms with Gasteiger partial charge in [-0.25, -0.2) is 0 Å². The fourth-order valence-corrected chi connectivity index (χ4v) is 5.37. The van der Waals surface area contributed by atoms with Gasteiger partial charge < -0.3 is 0 Å². The summed E-state index contributed by atoms with van der Waals surface area (Å²) in [4.78, 5) is 0. The SMILES string of the molecule is NNC(c1ccc2ccccc2c1)C1CSCCS1. The van der Waals surface area contributed by atoms with Crippen molar-refractivity contribution in [2.75, 3.05) is 17.3 Å². The summed E-state index contributed by atoms with van der Waals surface area (Å²) in [6.07, 6.45) is 0. The second-order valence-corrected chi connectivity index (χ2v) is 7.23. The van der Waals surface area contributed by atoms with Gasteiger partial charge in [0.2, 0.25) is 0 Å². The summed E-state index contributed by atoms with van der Waals surface area (Å²) in [6.45, 7) is 0. The lowest BCUT2D eigenvalue weighted by atomic mass is 10.0. The Morgan fingerprint density at radius 3 is 2.68 bits per heavy atom. The Kier molecular flexibility index (Phi) is 4.33. The van der Waals surface area contributed by atoms with Crippen LogP contribution in [0, 0.1) is 0 Å². The van der Waals surface area contributed by atoms with E-state index >= 15 is 0 Å². The van der Waals surface area contributed by atoms with E-state index in [2.05, 4.69) is 47.9 Å². The molecule has 3 N–H and O–H groups in total. The van der Waals surface area contributed by atoms with Gasteiger partial charge in [-0.15, -0.1) is 0 Å². The van der Waals surface area contributed by atoms with E-state index in [9.17, 15) is 0 Å². The number of nitrogens with one attached hydrogen (secondary N) is 1. The highest BCUT2D eigenvalue weighted by Gasteiger charge is 2.25. The van der Waals surface area contributed by atoms with Crippen molar-refractivity contribution in [1.82, 2.24) is 5.43 Å². The number of hydrogen-bond donors (Lipinski definition) is 2. The van der Waals surface area contributed by atoms with E-state index in [4.69, 9.17) is 5.84 Å². The minimum absolute atomic E-state index is 0.238. The first-order chi connectivity index (χ1) is 9.38. The van der Waals surface area contributed by atoms with Gasteiger partial charge in [-0.1, -0.05) is 36.4 Å². The second kappa shape index (κ2) is 6.18. The van der Waals surface area contributed by atoms with E-state index < -0.39 is 0 Å². The molecule has 0 aromatic heterocycles. The second-order valence-electron chi connectivity index (χ2n) is 4.74. The highest BCUT2D eigenvalue weighted by Crippen LogP contribution is 2.34. The Bertz CT molecular complexity index is 553. The molecular weight excluding hydrogens is 272 g/mol. The predicted molar refractivity (Wildman–Crippen MR) is 87.6 cm³/mol. The monoisotopic (exact) mass is 290 g/mol. The molecule has 0 aliphatic carbocycles. The molecule has 1 aliphatic rings. The molecule has 2 atom stereocenters. The fraction of sp³-hybridized carbons (Fsp3) is 0.333. The Balaban J connectivity index is 1.91. The number of nitrogens with two attached hydrogens (primary N) is 1. The molecule has 19 heavy (non-hydrogen) atoms. The van der Waals surface area contributed by atoms with Gasteiger partial charge in [0, 0.05) is 22.5 Å². The zero-order valence-electron chi connectivity index (χ0n) is 10.7. The third-order valence-electron chi connectivity index (χ3n) is 3.53. The van der Waals surface area contributed by atoms with Gasteiger partial charge in [-0.05, 0) is 22.4 Å². The van der Waals surface area contributed by atoms with Crippen LogP contribution in [0.15, 0.2) is 42.5 Å². The minimum Gasteiger partial charge on any atom is -0.271 e. The number of benzene rings is 2. The van der Waals surface area contributed by atoms with Crippen molar-refractivity contribution in [2.24, 2.45) is 5.84 Å². The molecule has 1 aliphatic heterocycles. The zero-order valence-corrected chi connectivity index (χ0v) is 12.3. The molecular formula is C15H18N2S2. The van der Waals surface area contributed by atoms with Crippen molar-refractivity contribution in [2.45, 2.75) is 11.3 Å². The van der Waals surface area contributed by atoms with Crippen LogP contribution in [0.1, 0.15) is 11.6 Å². The van der Waals surface area contributed by atoms with E-state index in [0.29, 0.717) is 5.25 Å². The average molecular weight is 290 g/mol. The summed E-state index contributed by atoms with van der Waals surface area (Å²) in [5.74, 6) is 9.46. The summed E-state index contributed by atoms with van der Waals surface area (Å²) in [5.41, 5.74) is 4.31. The molecule has 100 valence electrons. The zero-order chi connectivity index (χ0) is 13.1. The highest BCUT2D eigenvalue weighted by molar-refractivity contribution is 8.06. The lowest BCUT2D eigenvalue weighted by Gasteiger charge is -2.29. The topological polar surface area (TPSA) is 38.0 Å². The van der Waals surface area contributed by atoms with E-state index in [1.165, 1.54) is 33.6 Å². The molecule has 0 amide bonds. The number of thioether (sulfide) groups is 2. The predicted octanol–water partition coefficient (Wildman–Crippen LogP) is 3.19. The molecule has 0 bridgehead atoms. The normalized spacial score (nSPS) is 21.4. The van der Waals surface area contributed by atoms with Gasteiger partial charge in [0.15, 0.2) is 0 Å². The summed E-state index contributed by atoms with van der Waals surface area (Å²) in [5, 5.41) is 3.13. The Labute approximate surface area is 122 Å². The van der Waals surface area contributed by atoms with Crippen LogP contribution in [0.3, 0.4) is 0 Å². The summed E-state index contributed by atoms with van der Waals surface area (Å²) in [6, 6.07) is 15.4. The molecule has 1 saturated heterocycles. The lowest BCUT2D eigenvalue weighted by molar-refractivity contribution is 0.553. The third kappa shape index (κ3) is 2.92. The molecule has 0 radical (unpaired) electrons. The van der Waals surface area contributed by atoms with E-state index in [1.807, 2.05) is 23.5 Å². The van der Waals surface area contributed by atoms with Crippen LogP contribution < -0.4 is 11.3 Å². The number of hydrogen-bond acceptors (Lipinski definition) is 4. The van der Waals surface area contributed by atoms with Crippen molar-refractivity contribution < 1.29 is 0 Å². The molecule has 0 spiro atoms. The molecule has 1 heterocycles. The standard InChI is InChI=1S/C15H18N2S2/c16-17-15(14-10-18-7-8-19-14)13-6-5-11-3-1-2-4-12(11)9-13/h1-6,9,14-15,17H,7-8,10,16H2. The maximum Gasteiger partial charge on any atom is 0.0586 e. The fourth-order valence-electron chi connectivity index (χ4n) is 2.52. The van der Waals surface area contributed by atoms with E-state index in [1.54, 1.807) is 0 Å². The van der Waals surface area contributed by atoms with Crippen molar-refractivity contribution in [3.8, 4) is 0 Å². The van der Waals surface area contributed by atoms with Crippen LogP contribution in [0.5, 0.6) is 0 Å². The van der Waals surface area contributed by atoms with E-state index in [-0.39, 0.29) is 6.04 Å². The molecule has 2 nitrogen and oxygen atoms in total. The smallest absolute Gasteiger partial charge is 0.0586 e. The first kappa shape index (κ1) is 13.3. The van der Waals surface area contributed by atoms with Gasteiger partial charge in [0.25, 0.3) is 0 Å². The lowest BCUT2D eigenvalue weighted by Crippen LogP contribution is -2.37. The van der Waals surface area contributed by atoms with Crippen molar-refractivity contribution in [3.05, 3.63) is 48.0 Å². The van der Waals surface area contributed by atoms with E-state index in [0.717, 1.165) is 0 Å². The quantitative estimate of drug-likeness (QED) is 0.672. The number of rotatable bonds is 3. The molecule has 2 aromatic carbocycles. The summed E-state index contributed by atoms with van der Waals surface area (Å²) in [7, 11) is 0. The largest absolute Gasteiger partial charge is 0.271 e. The van der Waals surface area contributed by atoms with Crippen LogP contribution in [0.2, 0.25) is 0 Å². The maximum atomic E-state index is 5.81. The molecule has 4 heteroatoms. The van der Waals surface area contributed by atoms with Gasteiger partial charge >= 0.3 is 0 Å². The minimum atomic E-state index is 0.238. The van der Waals surface area contributed by atoms with Crippen LogP contribution >= 0.6 is 23.5 Å². The maximum absolute atomic E-state index is 5.81. The van der Waals surface area contributed by atoms with Crippen molar-refractivity contribution >= 4 is 34.3 Å². The Morgan fingerprint density at radius 1 is 1.11 bits per heavy atom. The van der Waals surface area contributed by atoms with Crippen LogP contribution in [-0.2, 0) is 0 Å². The first-order valence-electron chi connectivity index (χ1n) is 6.52. The van der Waals surface area contributed by atoms with Gasteiger partial charge in [0.05, 0.1) is 6.04 Å². The average Bonchev–Trinajstić information content (AvgIpc) is 2.49. The van der Waals surface area contributed by atoms with Crippen LogP contribution in [0.4, 0.5) is 0 Å². The third-order valence-corrected chi connectivity index (χ3v) is 6.39. The van der Waals surface area contributed by atoms with Crippen LogP contribution in [0.25, 0.3) is 10.8 Å². The van der Waals surface area contributed by atoms with Crippen LogP contribution in [-0.4, -0.2) is 22.5 Å². The molecule has 2 aromatic rings. The first-order valence-corrected chi connectivity index (χ1v) is 8.73. The molecule has 1 fully saturated rings. The summed E-state index contributed by atoms with van der Waals surface area (Å²) < 4.78 is 0. The Morgan fingerprint density at radius 2 is 1.95 bits per heavy atom. The Hall–Kier alpha value is -0.680. The van der Waals surface area contributed by atoms with Gasteiger partial charge in [-0.2, -0.15) is 23.5 Å². The molecule has 2 unspecified atom stereocenters. The van der Waals surface area contributed by atoms with Crippen molar-refractivity contribution in [1.29, 1.82) is 0 Å². The van der Waals surface area contributed by atoms with Gasteiger partial charge in [-0.3, -0.25) is 11.3 Å². The summed E-state index contributed by atoms with van der Waals surface area (Å²) >= 11 is 4.06. The molecule has 0 saturated carbocycles. The molecule has 3 rings (SSSR count).